The fraction of sp³-hybridized carbons (Fsp3) is 0.647. The lowest BCUT2D eigenvalue weighted by atomic mass is 9.75. The van der Waals surface area contributed by atoms with Crippen LogP contribution >= 0.6 is 0 Å². The minimum atomic E-state index is -2.44. The van der Waals surface area contributed by atoms with Gasteiger partial charge in [-0.15, -0.1) is 0 Å². The summed E-state index contributed by atoms with van der Waals surface area (Å²) in [7, 11) is 0. The number of piperidine rings is 1. The molecule has 1 aromatic carbocycles. The topological polar surface area (TPSA) is 12.0 Å². The van der Waals surface area contributed by atoms with Crippen LogP contribution in [0.5, 0.6) is 0 Å². The molecule has 3 rings (SSSR count). The standard InChI is InChI=1S/C17H23F2N/c18-17(19)9-4-7-15(12-17)16-11-14(8-10-20-16)13-5-2-1-3-6-13/h1-3,5-6,14-16,20H,4,7-12H2/t14?,15-,16?/m0/s1. The van der Waals surface area contributed by atoms with Gasteiger partial charge in [-0.2, -0.15) is 0 Å². The Morgan fingerprint density at radius 1 is 1.10 bits per heavy atom. The van der Waals surface area contributed by atoms with Crippen molar-refractivity contribution in [2.24, 2.45) is 5.92 Å². The molecule has 0 aromatic heterocycles. The van der Waals surface area contributed by atoms with Gasteiger partial charge in [-0.25, -0.2) is 8.78 Å². The van der Waals surface area contributed by atoms with Crippen molar-refractivity contribution < 1.29 is 8.78 Å². The van der Waals surface area contributed by atoms with E-state index in [1.54, 1.807) is 0 Å². The predicted molar refractivity (Wildman–Crippen MR) is 77.1 cm³/mol. The normalized spacial score (nSPS) is 33.8. The number of halogens is 2. The molecule has 1 saturated carbocycles. The molecule has 3 atom stereocenters. The summed E-state index contributed by atoms with van der Waals surface area (Å²) in [4.78, 5) is 0. The van der Waals surface area contributed by atoms with Gasteiger partial charge in [0.05, 0.1) is 0 Å². The van der Waals surface area contributed by atoms with Crippen LogP contribution in [0.2, 0.25) is 0 Å². The molecule has 2 aliphatic rings. The van der Waals surface area contributed by atoms with E-state index in [1.807, 2.05) is 6.07 Å². The van der Waals surface area contributed by atoms with Crippen molar-refractivity contribution in [3.8, 4) is 0 Å². The summed E-state index contributed by atoms with van der Waals surface area (Å²) in [6.45, 7) is 0.951. The van der Waals surface area contributed by atoms with Crippen LogP contribution < -0.4 is 5.32 Å². The summed E-state index contributed by atoms with van der Waals surface area (Å²) < 4.78 is 27.2. The number of benzene rings is 1. The predicted octanol–water partition coefficient (Wildman–Crippen LogP) is 4.35. The van der Waals surface area contributed by atoms with Gasteiger partial charge in [-0.05, 0) is 49.6 Å². The largest absolute Gasteiger partial charge is 0.314 e. The Morgan fingerprint density at radius 2 is 1.90 bits per heavy atom. The van der Waals surface area contributed by atoms with Gasteiger partial charge in [-0.1, -0.05) is 30.3 Å². The molecule has 1 nitrogen and oxygen atoms in total. The van der Waals surface area contributed by atoms with Crippen LogP contribution in [0, 0.1) is 5.92 Å². The molecule has 1 saturated heterocycles. The van der Waals surface area contributed by atoms with Crippen molar-refractivity contribution in [1.29, 1.82) is 0 Å². The fourth-order valence-corrected chi connectivity index (χ4v) is 3.89. The average molecular weight is 279 g/mol. The Labute approximate surface area is 119 Å². The number of nitrogens with one attached hydrogen (secondary N) is 1. The molecule has 0 bridgehead atoms. The van der Waals surface area contributed by atoms with Gasteiger partial charge in [0.1, 0.15) is 0 Å². The Bertz CT molecular complexity index is 432. The van der Waals surface area contributed by atoms with E-state index in [9.17, 15) is 8.78 Å². The van der Waals surface area contributed by atoms with Crippen LogP contribution in [-0.2, 0) is 0 Å². The van der Waals surface area contributed by atoms with Crippen molar-refractivity contribution in [2.45, 2.75) is 56.4 Å². The molecule has 3 heteroatoms. The fourth-order valence-electron chi connectivity index (χ4n) is 3.89. The first-order valence-electron chi connectivity index (χ1n) is 7.80. The van der Waals surface area contributed by atoms with Gasteiger partial charge >= 0.3 is 0 Å². The Kier molecular flexibility index (Phi) is 4.06. The molecule has 20 heavy (non-hydrogen) atoms. The second-order valence-electron chi connectivity index (χ2n) is 6.40. The van der Waals surface area contributed by atoms with Crippen LogP contribution in [-0.4, -0.2) is 18.5 Å². The number of hydrogen-bond acceptors (Lipinski definition) is 1. The first kappa shape index (κ1) is 14.0. The molecule has 0 radical (unpaired) electrons. The van der Waals surface area contributed by atoms with Crippen LogP contribution in [0.25, 0.3) is 0 Å². The van der Waals surface area contributed by atoms with Gasteiger partial charge in [0, 0.05) is 18.9 Å². The molecular weight excluding hydrogens is 256 g/mol. The molecule has 1 N–H and O–H groups in total. The lowest BCUT2D eigenvalue weighted by Crippen LogP contribution is -2.45. The quantitative estimate of drug-likeness (QED) is 0.848. The highest BCUT2D eigenvalue weighted by atomic mass is 19.3. The van der Waals surface area contributed by atoms with Crippen LogP contribution in [0.1, 0.15) is 50.0 Å². The summed E-state index contributed by atoms with van der Waals surface area (Å²) in [5.41, 5.74) is 1.36. The van der Waals surface area contributed by atoms with E-state index >= 15 is 0 Å². The van der Waals surface area contributed by atoms with E-state index < -0.39 is 5.92 Å². The number of alkyl halides is 2. The Hall–Kier alpha value is -0.960. The minimum Gasteiger partial charge on any atom is -0.314 e. The van der Waals surface area contributed by atoms with Crippen molar-refractivity contribution in [3.05, 3.63) is 35.9 Å². The van der Waals surface area contributed by atoms with Crippen LogP contribution in [0.4, 0.5) is 8.78 Å². The van der Waals surface area contributed by atoms with E-state index in [0.29, 0.717) is 12.3 Å². The van der Waals surface area contributed by atoms with E-state index in [-0.39, 0.29) is 24.8 Å². The third-order valence-electron chi connectivity index (χ3n) is 4.96. The lowest BCUT2D eigenvalue weighted by Gasteiger charge is -2.39. The van der Waals surface area contributed by atoms with Crippen LogP contribution in [0.15, 0.2) is 30.3 Å². The van der Waals surface area contributed by atoms with Gasteiger partial charge < -0.3 is 5.32 Å². The van der Waals surface area contributed by atoms with Crippen molar-refractivity contribution in [3.63, 3.8) is 0 Å². The van der Waals surface area contributed by atoms with Crippen molar-refractivity contribution >= 4 is 0 Å². The maximum absolute atomic E-state index is 13.6. The molecule has 1 aromatic rings. The van der Waals surface area contributed by atoms with Gasteiger partial charge in [0.25, 0.3) is 0 Å². The van der Waals surface area contributed by atoms with E-state index in [2.05, 4.69) is 29.6 Å². The maximum atomic E-state index is 13.6. The number of rotatable bonds is 2. The monoisotopic (exact) mass is 279 g/mol. The van der Waals surface area contributed by atoms with E-state index in [4.69, 9.17) is 0 Å². The lowest BCUT2D eigenvalue weighted by molar-refractivity contribution is -0.0598. The Morgan fingerprint density at radius 3 is 2.65 bits per heavy atom. The average Bonchev–Trinajstić information content (AvgIpc) is 2.47. The SMILES string of the molecule is FC1(F)CCC[C@H](C2CC(c3ccccc3)CCN2)C1. The van der Waals surface area contributed by atoms with E-state index in [1.165, 1.54) is 5.56 Å². The zero-order chi connectivity index (χ0) is 14.0. The summed E-state index contributed by atoms with van der Waals surface area (Å²) in [5, 5.41) is 3.49. The maximum Gasteiger partial charge on any atom is 0.248 e. The van der Waals surface area contributed by atoms with Gasteiger partial charge in [-0.3, -0.25) is 0 Å². The highest BCUT2D eigenvalue weighted by Crippen LogP contribution is 2.41. The molecule has 2 fully saturated rings. The molecule has 1 heterocycles. The molecule has 110 valence electrons. The molecule has 1 aliphatic heterocycles. The molecule has 0 spiro atoms. The zero-order valence-corrected chi connectivity index (χ0v) is 11.8. The molecular formula is C17H23F2N. The first-order valence-corrected chi connectivity index (χ1v) is 7.80. The molecule has 0 amide bonds. The summed E-state index contributed by atoms with van der Waals surface area (Å²) in [5.74, 6) is -1.77. The summed E-state index contributed by atoms with van der Waals surface area (Å²) >= 11 is 0. The van der Waals surface area contributed by atoms with Crippen molar-refractivity contribution in [2.75, 3.05) is 6.54 Å². The van der Waals surface area contributed by atoms with Crippen LogP contribution in [0.3, 0.4) is 0 Å². The van der Waals surface area contributed by atoms with Gasteiger partial charge in [0.2, 0.25) is 5.92 Å². The third kappa shape index (κ3) is 3.20. The number of hydrogen-bond donors (Lipinski definition) is 1. The molecule has 1 aliphatic carbocycles. The summed E-state index contributed by atoms with van der Waals surface area (Å²) in [6, 6.07) is 10.8. The highest BCUT2D eigenvalue weighted by Gasteiger charge is 2.40. The second-order valence-corrected chi connectivity index (χ2v) is 6.40. The summed E-state index contributed by atoms with van der Waals surface area (Å²) in [6.07, 6.45) is 3.90. The molecule has 2 unspecified atom stereocenters. The minimum absolute atomic E-state index is 0.0756. The Balaban J connectivity index is 1.66. The zero-order valence-electron chi connectivity index (χ0n) is 11.8. The van der Waals surface area contributed by atoms with Gasteiger partial charge in [0.15, 0.2) is 0 Å². The smallest absolute Gasteiger partial charge is 0.248 e. The third-order valence-corrected chi connectivity index (χ3v) is 4.96. The first-order chi connectivity index (χ1) is 9.64. The highest BCUT2D eigenvalue weighted by molar-refractivity contribution is 5.20. The van der Waals surface area contributed by atoms with E-state index in [0.717, 1.165) is 25.8 Å². The second kappa shape index (κ2) is 5.80. The van der Waals surface area contributed by atoms with Crippen molar-refractivity contribution in [1.82, 2.24) is 5.32 Å².